The van der Waals surface area contributed by atoms with Gasteiger partial charge in [0.05, 0.1) is 43.6 Å². The maximum Gasteiger partial charge on any atom is 0.317 e. The highest BCUT2D eigenvalue weighted by molar-refractivity contribution is 6.23. The van der Waals surface area contributed by atoms with Crippen LogP contribution in [-0.2, 0) is 29.6 Å². The normalized spacial score (nSPS) is 22.2. The Bertz CT molecular complexity index is 2420. The second-order valence-electron chi connectivity index (χ2n) is 18.7. The molecule has 64 heavy (non-hydrogen) atoms. The predicted molar refractivity (Wildman–Crippen MR) is 236 cm³/mol. The molecule has 2 aromatic carbocycles. The van der Waals surface area contributed by atoms with E-state index in [1.54, 1.807) is 56.0 Å². The number of aromatic nitrogens is 1. The molecule has 0 radical (unpaired) electrons. The van der Waals surface area contributed by atoms with Gasteiger partial charge >= 0.3 is 6.03 Å². The fourth-order valence-corrected chi connectivity index (χ4v) is 11.3. The molecule has 2 N–H and O–H groups in total. The fourth-order valence-electron chi connectivity index (χ4n) is 11.3. The van der Waals surface area contributed by atoms with Gasteiger partial charge in [-0.15, -0.1) is 0 Å². The quantitative estimate of drug-likeness (QED) is 0.279. The first-order valence-corrected chi connectivity index (χ1v) is 22.7. The van der Waals surface area contributed by atoms with Crippen LogP contribution in [0, 0.1) is 11.3 Å². The lowest BCUT2D eigenvalue weighted by atomic mass is 9.61. The van der Waals surface area contributed by atoms with Crippen molar-refractivity contribution in [2.24, 2.45) is 18.4 Å². The van der Waals surface area contributed by atoms with Crippen molar-refractivity contribution in [2.45, 2.75) is 89.4 Å². The molecule has 1 aliphatic carbocycles. The molecule has 6 heterocycles. The monoisotopic (exact) mass is 877 g/mol. The summed E-state index contributed by atoms with van der Waals surface area (Å²) >= 11 is 0. The van der Waals surface area contributed by atoms with Crippen molar-refractivity contribution in [1.82, 2.24) is 34.8 Å². The SMILES string of the molecule is CNC(=O)N1CCc2c(-c3cc(OC)c(C(C)N4CCC(CN5CCC6(CC5)CC(Oc5ccc7c(c5)C(=O)N(C5CCC(=O)NC5=O)C7=O)C6)CC4)c(OC)c3)cn(C)c(=O)c2C1. The molecule has 2 unspecified atom stereocenters. The van der Waals surface area contributed by atoms with E-state index in [1.165, 1.54) is 0 Å². The van der Waals surface area contributed by atoms with Gasteiger partial charge in [-0.05, 0) is 137 Å². The summed E-state index contributed by atoms with van der Waals surface area (Å²) in [5, 5.41) is 4.92. The number of aryl methyl sites for hydroxylation is 1. The third kappa shape index (κ3) is 7.92. The summed E-state index contributed by atoms with van der Waals surface area (Å²) in [7, 11) is 6.74. The van der Waals surface area contributed by atoms with Gasteiger partial charge in [0.25, 0.3) is 17.4 Å². The summed E-state index contributed by atoms with van der Waals surface area (Å²) in [6.45, 7) is 8.20. The summed E-state index contributed by atoms with van der Waals surface area (Å²) < 4.78 is 20.1. The van der Waals surface area contributed by atoms with Gasteiger partial charge in [-0.3, -0.25) is 39.1 Å². The molecule has 3 aromatic rings. The Morgan fingerprint density at radius 2 is 1.55 bits per heavy atom. The molecule has 5 aliphatic heterocycles. The average Bonchev–Trinajstić information content (AvgIpc) is 3.54. The number of likely N-dealkylation sites (tertiary alicyclic amines) is 2. The van der Waals surface area contributed by atoms with E-state index < -0.39 is 29.7 Å². The number of piperidine rings is 3. The standard InChI is InChI=1S/C48H59N7O9/c1-28(42-39(62-4)20-30(21-40(42)63-5)36-26-51(3)44(58)37-27-54(47(61)49-2)17-12-33(36)37)53-15-10-29(11-16-53)25-52-18-13-48(14-19-52)23-32(24-48)64-31-6-7-34-35(22-31)46(60)55(45(34)59)38-8-9-41(56)50-43(38)57/h6-7,20-22,26,28-29,32,38H,8-19,23-25,27H2,1-5H3,(H,49,61)(H,50,56,57). The van der Waals surface area contributed by atoms with E-state index in [-0.39, 0.29) is 59.7 Å². The third-order valence-electron chi connectivity index (χ3n) is 15.0. The summed E-state index contributed by atoms with van der Waals surface area (Å²) in [6, 6.07) is 7.96. The van der Waals surface area contributed by atoms with Crippen LogP contribution in [0.15, 0.2) is 41.3 Å². The molecule has 4 fully saturated rings. The van der Waals surface area contributed by atoms with Gasteiger partial charge in [0, 0.05) is 57.0 Å². The lowest BCUT2D eigenvalue weighted by Crippen LogP contribution is -2.54. The summed E-state index contributed by atoms with van der Waals surface area (Å²) in [5.74, 6) is 0.604. The number of amides is 6. The van der Waals surface area contributed by atoms with Crippen LogP contribution in [0.4, 0.5) is 4.79 Å². The Labute approximate surface area is 373 Å². The van der Waals surface area contributed by atoms with Gasteiger partial charge < -0.3 is 33.9 Å². The first kappa shape index (κ1) is 43.5. The zero-order valence-corrected chi connectivity index (χ0v) is 37.5. The van der Waals surface area contributed by atoms with Gasteiger partial charge in [0.1, 0.15) is 23.3 Å². The highest BCUT2D eigenvalue weighted by atomic mass is 16.5. The molecule has 16 nitrogen and oxygen atoms in total. The molecule has 1 aromatic heterocycles. The zero-order chi connectivity index (χ0) is 45.0. The van der Waals surface area contributed by atoms with Crippen molar-refractivity contribution < 1.29 is 38.2 Å². The molecule has 1 saturated carbocycles. The zero-order valence-electron chi connectivity index (χ0n) is 37.5. The Balaban J connectivity index is 0.767. The summed E-state index contributed by atoms with van der Waals surface area (Å²) in [5.41, 5.74) is 5.12. The number of urea groups is 1. The maximum absolute atomic E-state index is 13.3. The fraction of sp³-hybridized carbons (Fsp3) is 0.542. The number of ether oxygens (including phenoxy) is 3. The van der Waals surface area contributed by atoms with E-state index in [0.717, 1.165) is 110 Å². The van der Waals surface area contributed by atoms with Crippen molar-refractivity contribution in [3.8, 4) is 28.4 Å². The lowest BCUT2D eigenvalue weighted by Gasteiger charge is -2.52. The van der Waals surface area contributed by atoms with Gasteiger partial charge in [-0.2, -0.15) is 0 Å². The molecule has 16 heteroatoms. The number of fused-ring (bicyclic) bond motifs is 2. The van der Waals surface area contributed by atoms with Crippen LogP contribution in [0.2, 0.25) is 0 Å². The van der Waals surface area contributed by atoms with Gasteiger partial charge in [-0.25, -0.2) is 4.79 Å². The summed E-state index contributed by atoms with van der Waals surface area (Å²) in [6.07, 6.45) is 9.12. The van der Waals surface area contributed by atoms with Crippen molar-refractivity contribution in [3.63, 3.8) is 0 Å². The minimum absolute atomic E-state index is 0.0458. The highest BCUT2D eigenvalue weighted by Crippen LogP contribution is 2.51. The number of benzene rings is 2. The smallest absolute Gasteiger partial charge is 0.317 e. The number of carbonyl (C=O) groups excluding carboxylic acids is 5. The Hall–Kier alpha value is -5.74. The maximum atomic E-state index is 13.3. The van der Waals surface area contributed by atoms with Crippen LogP contribution in [-0.4, -0.2) is 127 Å². The Kier molecular flexibility index (Phi) is 11.8. The minimum Gasteiger partial charge on any atom is -0.496 e. The lowest BCUT2D eigenvalue weighted by molar-refractivity contribution is -0.136. The number of hydrogen-bond donors (Lipinski definition) is 2. The molecule has 0 bridgehead atoms. The number of carbonyl (C=O) groups is 5. The molecular formula is C48H59N7O9. The topological polar surface area (TPSA) is 172 Å². The number of nitrogens with zero attached hydrogens (tertiary/aromatic N) is 5. The van der Waals surface area contributed by atoms with E-state index in [9.17, 15) is 28.8 Å². The van der Waals surface area contributed by atoms with Gasteiger partial charge in [0.2, 0.25) is 11.8 Å². The molecular weight excluding hydrogens is 819 g/mol. The van der Waals surface area contributed by atoms with Crippen LogP contribution >= 0.6 is 0 Å². The van der Waals surface area contributed by atoms with Crippen molar-refractivity contribution in [2.75, 3.05) is 60.5 Å². The van der Waals surface area contributed by atoms with E-state index in [0.29, 0.717) is 30.2 Å². The Morgan fingerprint density at radius 1 is 0.859 bits per heavy atom. The number of pyridine rings is 1. The first-order chi connectivity index (χ1) is 30.8. The second-order valence-corrected chi connectivity index (χ2v) is 18.7. The van der Waals surface area contributed by atoms with E-state index in [2.05, 4.69) is 39.5 Å². The Morgan fingerprint density at radius 3 is 2.20 bits per heavy atom. The van der Waals surface area contributed by atoms with Crippen LogP contribution in [0.25, 0.3) is 11.1 Å². The van der Waals surface area contributed by atoms with Crippen molar-refractivity contribution >= 4 is 29.7 Å². The minimum atomic E-state index is -0.992. The third-order valence-corrected chi connectivity index (χ3v) is 15.0. The first-order valence-electron chi connectivity index (χ1n) is 22.7. The molecule has 6 aliphatic rings. The molecule has 2 atom stereocenters. The number of rotatable bonds is 10. The largest absolute Gasteiger partial charge is 0.496 e. The van der Waals surface area contributed by atoms with Crippen molar-refractivity contribution in [1.29, 1.82) is 0 Å². The van der Waals surface area contributed by atoms with Gasteiger partial charge in [0.15, 0.2) is 0 Å². The highest BCUT2D eigenvalue weighted by Gasteiger charge is 2.48. The van der Waals surface area contributed by atoms with Gasteiger partial charge in [-0.1, -0.05) is 0 Å². The molecule has 340 valence electrons. The predicted octanol–water partition coefficient (Wildman–Crippen LogP) is 4.26. The molecule has 6 amide bonds. The molecule has 1 spiro atoms. The number of imide groups is 2. The summed E-state index contributed by atoms with van der Waals surface area (Å²) in [4.78, 5) is 84.0. The number of nitrogens with one attached hydrogen (secondary N) is 2. The molecule has 9 rings (SSSR count). The van der Waals surface area contributed by atoms with Crippen LogP contribution in [0.1, 0.15) is 102 Å². The van der Waals surface area contributed by atoms with E-state index >= 15 is 0 Å². The van der Waals surface area contributed by atoms with Crippen LogP contribution in [0.3, 0.4) is 0 Å². The van der Waals surface area contributed by atoms with Crippen molar-refractivity contribution in [3.05, 3.63) is 74.7 Å². The second kappa shape index (κ2) is 17.3. The average molecular weight is 878 g/mol. The van der Waals surface area contributed by atoms with Crippen LogP contribution in [0.5, 0.6) is 17.2 Å². The van der Waals surface area contributed by atoms with E-state index in [4.69, 9.17) is 14.2 Å². The van der Waals surface area contributed by atoms with E-state index in [1.807, 2.05) is 6.20 Å². The number of hydrogen-bond acceptors (Lipinski definition) is 11. The molecule has 3 saturated heterocycles. The van der Waals surface area contributed by atoms with Crippen LogP contribution < -0.4 is 30.4 Å². The number of methoxy groups -OCH3 is 2.